The molecule has 0 unspecified atom stereocenters. The van der Waals surface area contributed by atoms with Crippen LogP contribution in [0.15, 0.2) is 172 Å². The van der Waals surface area contributed by atoms with Crippen LogP contribution < -0.4 is 0 Å². The number of hydrogen-bond acceptors (Lipinski definition) is 20. The SMILES string of the molecule is CC.CC.CC.CC.CC.CC.CC.CC.CC.CC.CC.CC.CC.Cc1ccn[nH]1.Cc1ccn[nH]1.Cc1ccno1.Cc1ccns1.Cc1ccon1.Cc1ccsn1.Cc1cn[nH]c1.Cc1cnc[nH]1.Cc1cnc[nH]1.Cc1cncs1.Cc1cnoc1.Cc1cnsc1.Cc1ncc[nH]1. The van der Waals surface area contributed by atoms with Crippen LogP contribution in [0.4, 0.5) is 0 Å². The molecule has 22 nitrogen and oxygen atoms in total. The van der Waals surface area contributed by atoms with Gasteiger partial charge in [0.25, 0.3) is 0 Å². The van der Waals surface area contributed by atoms with Gasteiger partial charge in [0, 0.05) is 123 Å². The van der Waals surface area contributed by atoms with Crippen molar-refractivity contribution in [3.05, 3.63) is 231 Å². The Bertz CT molecular complexity index is 2240. The molecular weight excluding hydrogens is 1380 g/mol. The van der Waals surface area contributed by atoms with Gasteiger partial charge in [-0.2, -0.15) is 19.7 Å². The number of thiazole rings is 1. The van der Waals surface area contributed by atoms with Crippen molar-refractivity contribution in [3.8, 4) is 0 Å². The van der Waals surface area contributed by atoms with Gasteiger partial charge in [0.15, 0.2) is 0 Å². The highest BCUT2D eigenvalue weighted by atomic mass is 32.1. The lowest BCUT2D eigenvalue weighted by Crippen LogP contribution is -1.66. The fourth-order valence-corrected chi connectivity index (χ4v) is 5.74. The van der Waals surface area contributed by atoms with Crippen LogP contribution in [0.3, 0.4) is 0 Å². The number of hydrogen-bond donors (Lipinski definition) is 6. The van der Waals surface area contributed by atoms with E-state index >= 15 is 0 Å². The predicted octanol–water partition coefficient (Wildman–Crippen LogP) is 26.4. The van der Waals surface area contributed by atoms with Crippen LogP contribution in [-0.2, 0) is 0 Å². The molecule has 6 N–H and O–H groups in total. The van der Waals surface area contributed by atoms with Crippen molar-refractivity contribution in [2.24, 2.45) is 0 Å². The molecule has 13 aromatic heterocycles. The molecule has 104 heavy (non-hydrogen) atoms. The molecule has 0 aromatic carbocycles. The van der Waals surface area contributed by atoms with E-state index in [-0.39, 0.29) is 0 Å². The van der Waals surface area contributed by atoms with Gasteiger partial charge in [-0.3, -0.25) is 20.3 Å². The maximum absolute atomic E-state index is 4.58. The van der Waals surface area contributed by atoms with Crippen molar-refractivity contribution >= 4 is 45.9 Å². The molecule has 0 saturated carbocycles. The maximum atomic E-state index is 4.58. The summed E-state index contributed by atoms with van der Waals surface area (Å²) < 4.78 is 25.2. The normalized spacial score (nSPS) is 7.38. The van der Waals surface area contributed by atoms with E-state index in [2.05, 4.69) is 108 Å². The van der Waals surface area contributed by atoms with E-state index in [0.717, 1.165) is 51.3 Å². The summed E-state index contributed by atoms with van der Waals surface area (Å²) in [6.45, 7) is 77.5. The number of aryl methyl sites for hydroxylation is 13. The van der Waals surface area contributed by atoms with Crippen molar-refractivity contribution in [1.29, 1.82) is 0 Å². The lowest BCUT2D eigenvalue weighted by atomic mass is 10.4. The Balaban J connectivity index is -0.0000000764. The van der Waals surface area contributed by atoms with E-state index in [0.29, 0.717) is 0 Å². The van der Waals surface area contributed by atoms with E-state index in [1.807, 2.05) is 329 Å². The van der Waals surface area contributed by atoms with Gasteiger partial charge < -0.3 is 28.5 Å². The van der Waals surface area contributed by atoms with Crippen LogP contribution in [-0.4, -0.2) is 94.1 Å². The van der Waals surface area contributed by atoms with Gasteiger partial charge in [-0.05, 0) is 160 Å². The number of aromatic nitrogens is 19. The zero-order valence-corrected chi connectivity index (χ0v) is 75.4. The highest BCUT2D eigenvalue weighted by Gasteiger charge is 1.83. The number of rotatable bonds is 0. The van der Waals surface area contributed by atoms with Crippen LogP contribution in [0.5, 0.6) is 0 Å². The minimum atomic E-state index is 0.856. The summed E-state index contributed by atoms with van der Waals surface area (Å²) in [6, 6.07) is 11.4. The molecule has 598 valence electrons. The highest BCUT2D eigenvalue weighted by Crippen LogP contribution is 2.00. The van der Waals surface area contributed by atoms with Crippen molar-refractivity contribution in [2.45, 2.75) is 270 Å². The lowest BCUT2D eigenvalue weighted by Gasteiger charge is -1.68. The topological polar surface area (TPSA) is 302 Å². The Kier molecular flexibility index (Phi) is 146. The summed E-state index contributed by atoms with van der Waals surface area (Å²) in [5.41, 5.74) is 11.8. The van der Waals surface area contributed by atoms with Gasteiger partial charge >= 0.3 is 0 Å². The second-order valence-corrected chi connectivity index (χ2v) is 18.9. The number of nitrogens with one attached hydrogen (secondary N) is 6. The average molecular weight is 1530 g/mol. The first-order chi connectivity index (χ1) is 50.6. The molecule has 0 spiro atoms. The second kappa shape index (κ2) is 121. The largest absolute Gasteiger partial charge is 0.365 e. The third-order valence-electron chi connectivity index (χ3n) is 7.75. The minimum absolute atomic E-state index is 0.856. The average Bonchev–Trinajstić information content (AvgIpc) is 4.52. The van der Waals surface area contributed by atoms with Gasteiger partial charge in [0.05, 0.1) is 48.1 Å². The predicted molar refractivity (Wildman–Crippen MR) is 459 cm³/mol. The molecule has 13 heterocycles. The molecule has 0 aliphatic heterocycles. The van der Waals surface area contributed by atoms with E-state index in [9.17, 15) is 0 Å². The van der Waals surface area contributed by atoms with Gasteiger partial charge in [0.1, 0.15) is 24.1 Å². The zero-order valence-electron chi connectivity index (χ0n) is 72.2. The number of imidazole rings is 3. The van der Waals surface area contributed by atoms with E-state index in [4.69, 9.17) is 0 Å². The molecule has 0 fully saturated rings. The quantitative estimate of drug-likeness (QED) is 0.0822. The summed E-state index contributed by atoms with van der Waals surface area (Å²) in [5.74, 6) is 1.82. The lowest BCUT2D eigenvalue weighted by molar-refractivity contribution is 0.397. The number of aromatic amines is 6. The summed E-state index contributed by atoms with van der Waals surface area (Å²) in [5, 5.41) is 33.7. The van der Waals surface area contributed by atoms with Crippen molar-refractivity contribution < 1.29 is 13.6 Å². The van der Waals surface area contributed by atoms with Gasteiger partial charge in [0.2, 0.25) is 0 Å². The summed E-state index contributed by atoms with van der Waals surface area (Å²) >= 11 is 6.17. The van der Waals surface area contributed by atoms with Crippen LogP contribution in [0.25, 0.3) is 0 Å². The Morgan fingerprint density at radius 1 is 0.394 bits per heavy atom. The molecule has 0 amide bonds. The molecule has 0 aliphatic rings. The first-order valence-electron chi connectivity index (χ1n) is 36.4. The van der Waals surface area contributed by atoms with Crippen LogP contribution in [0.1, 0.15) is 252 Å². The molecule has 13 rings (SSSR count). The van der Waals surface area contributed by atoms with Gasteiger partial charge in [-0.25, -0.2) is 23.7 Å². The minimum Gasteiger partial charge on any atom is -0.365 e. The fourth-order valence-electron chi connectivity index (χ4n) is 3.86. The van der Waals surface area contributed by atoms with E-state index in [1.165, 1.54) is 55.5 Å². The standard InChI is InChI=1S/6C4H6N2.3C4H5NO.4C4H5NS.13C2H6/c2*1-4-2-5-3-6-4;1-4-2-5-6-3-4;1-4-5-2-3-6-4;2*1-4-2-3-5-6-4;1-4-2-5-6-3-4;1-4-2-3-6-5-4;1-4-2-3-5-6-4;1-4-2-5-3-6-4;1-4-2-5-6-3-4;1-4-2-3-6-5-4;1-4-2-3-5-6-4;13*1-2/h6*2-3H,1H3,(H,5,6);7*2-3H,1H3;13*1-2H3. The summed E-state index contributed by atoms with van der Waals surface area (Å²) in [4.78, 5) is 26.4. The fraction of sp³-hybridized carbons (Fsp3) is 0.500. The molecular formula is C78H149N19O3S4. The van der Waals surface area contributed by atoms with E-state index < -0.39 is 0 Å². The molecule has 0 atom stereocenters. The van der Waals surface area contributed by atoms with Crippen molar-refractivity contribution in [2.75, 3.05) is 0 Å². The van der Waals surface area contributed by atoms with Crippen LogP contribution in [0.2, 0.25) is 0 Å². The van der Waals surface area contributed by atoms with Crippen LogP contribution in [0, 0.1) is 90.0 Å². The van der Waals surface area contributed by atoms with Crippen molar-refractivity contribution in [1.82, 2.24) is 94.1 Å². The van der Waals surface area contributed by atoms with Gasteiger partial charge in [-0.15, -0.1) is 11.3 Å². The molecule has 0 bridgehead atoms. The molecule has 0 saturated heterocycles. The number of nitrogens with zero attached hydrogens (tertiary/aromatic N) is 13. The zero-order chi connectivity index (χ0) is 83.3. The monoisotopic (exact) mass is 1530 g/mol. The summed E-state index contributed by atoms with van der Waals surface area (Å²) in [6.07, 6.45) is 29.4. The molecule has 0 aliphatic carbocycles. The maximum Gasteiger partial charge on any atom is 0.133 e. The first kappa shape index (κ1) is 125. The molecule has 13 aromatic rings. The summed E-state index contributed by atoms with van der Waals surface area (Å²) in [7, 11) is 0. The number of H-pyrrole nitrogens is 6. The Morgan fingerprint density at radius 3 is 1.03 bits per heavy atom. The first-order valence-corrected chi connectivity index (χ1v) is 39.7. The molecule has 0 radical (unpaired) electrons. The third-order valence-corrected chi connectivity index (χ3v) is 10.5. The van der Waals surface area contributed by atoms with E-state index in [1.54, 1.807) is 111 Å². The van der Waals surface area contributed by atoms with Crippen LogP contribution >= 0.6 is 45.9 Å². The Morgan fingerprint density at radius 2 is 0.923 bits per heavy atom. The smallest absolute Gasteiger partial charge is 0.133 e. The Hall–Kier alpha value is -8.59. The van der Waals surface area contributed by atoms with Crippen molar-refractivity contribution in [3.63, 3.8) is 0 Å². The third kappa shape index (κ3) is 117. The molecule has 26 heteroatoms. The second-order valence-electron chi connectivity index (χ2n) is 15.4. The van der Waals surface area contributed by atoms with Gasteiger partial charge in [-0.1, -0.05) is 195 Å². The Labute approximate surface area is 650 Å². The highest BCUT2D eigenvalue weighted by molar-refractivity contribution is 7.09.